The third-order valence-corrected chi connectivity index (χ3v) is 3.86. The van der Waals surface area contributed by atoms with E-state index >= 15 is 0 Å². The van der Waals surface area contributed by atoms with E-state index in [2.05, 4.69) is 10.3 Å². The zero-order valence-corrected chi connectivity index (χ0v) is 15.3. The second-order valence-electron chi connectivity index (χ2n) is 5.80. The molecule has 1 aromatic heterocycles. The summed E-state index contributed by atoms with van der Waals surface area (Å²) in [5, 5.41) is 4.32. The van der Waals surface area contributed by atoms with E-state index in [0.29, 0.717) is 17.3 Å². The molecule has 2 amide bonds. The van der Waals surface area contributed by atoms with Crippen molar-refractivity contribution in [2.75, 3.05) is 18.5 Å². The lowest BCUT2D eigenvalue weighted by Crippen LogP contribution is -2.33. The molecule has 2 rings (SSSR count). The van der Waals surface area contributed by atoms with Gasteiger partial charge in [-0.25, -0.2) is 18.0 Å². The molecule has 0 fully saturated rings. The standard InChI is InChI=1S/C18H18F3N3O4/c1-4-28-18(27)13-8(2)16(23-9(13)3)17(26)22-7-12(25)24-11-6-5-10(19)14(20)15(11)21/h5-6,23H,4,7H2,1-3H3,(H,22,26)(H,24,25). The molecule has 7 nitrogen and oxygen atoms in total. The van der Waals surface area contributed by atoms with Gasteiger partial charge < -0.3 is 20.4 Å². The lowest BCUT2D eigenvalue weighted by molar-refractivity contribution is -0.115. The second kappa shape index (κ2) is 8.59. The van der Waals surface area contributed by atoms with Crippen molar-refractivity contribution in [3.05, 3.63) is 52.1 Å². The van der Waals surface area contributed by atoms with Crippen LogP contribution in [0.2, 0.25) is 0 Å². The summed E-state index contributed by atoms with van der Waals surface area (Å²) < 4.78 is 44.6. The van der Waals surface area contributed by atoms with Gasteiger partial charge in [0.1, 0.15) is 5.69 Å². The summed E-state index contributed by atoms with van der Waals surface area (Å²) in [7, 11) is 0. The first-order chi connectivity index (χ1) is 13.2. The van der Waals surface area contributed by atoms with Crippen LogP contribution in [0.4, 0.5) is 18.9 Å². The van der Waals surface area contributed by atoms with Gasteiger partial charge in [0.2, 0.25) is 5.91 Å². The van der Waals surface area contributed by atoms with Crippen molar-refractivity contribution in [3.8, 4) is 0 Å². The topological polar surface area (TPSA) is 100 Å². The van der Waals surface area contributed by atoms with Crippen molar-refractivity contribution in [2.45, 2.75) is 20.8 Å². The monoisotopic (exact) mass is 397 g/mol. The smallest absolute Gasteiger partial charge is 0.340 e. The van der Waals surface area contributed by atoms with Gasteiger partial charge in [0.25, 0.3) is 5.91 Å². The average molecular weight is 397 g/mol. The summed E-state index contributed by atoms with van der Waals surface area (Å²) in [5.74, 6) is -6.78. The first-order valence-electron chi connectivity index (χ1n) is 8.25. The minimum Gasteiger partial charge on any atom is -0.462 e. The van der Waals surface area contributed by atoms with E-state index in [4.69, 9.17) is 4.74 Å². The van der Waals surface area contributed by atoms with Crippen molar-refractivity contribution >= 4 is 23.5 Å². The van der Waals surface area contributed by atoms with Gasteiger partial charge in [0, 0.05) is 5.69 Å². The minimum atomic E-state index is -1.72. The predicted molar refractivity (Wildman–Crippen MR) is 93.5 cm³/mol. The van der Waals surface area contributed by atoms with Gasteiger partial charge in [-0.2, -0.15) is 0 Å². The Morgan fingerprint density at radius 3 is 2.43 bits per heavy atom. The largest absolute Gasteiger partial charge is 0.462 e. The maximum Gasteiger partial charge on any atom is 0.340 e. The van der Waals surface area contributed by atoms with Crippen molar-refractivity contribution in [1.82, 2.24) is 10.3 Å². The Hall–Kier alpha value is -3.30. The molecule has 1 heterocycles. The highest BCUT2D eigenvalue weighted by molar-refractivity contribution is 6.02. The number of hydrogen-bond acceptors (Lipinski definition) is 4. The third-order valence-electron chi connectivity index (χ3n) is 3.86. The summed E-state index contributed by atoms with van der Waals surface area (Å²) in [4.78, 5) is 38.8. The molecule has 0 aliphatic rings. The van der Waals surface area contributed by atoms with Gasteiger partial charge >= 0.3 is 5.97 Å². The molecule has 0 saturated carbocycles. The summed E-state index contributed by atoms with van der Waals surface area (Å²) in [6.07, 6.45) is 0. The number of aromatic nitrogens is 1. The van der Waals surface area contributed by atoms with Gasteiger partial charge in [-0.15, -0.1) is 0 Å². The molecule has 0 aliphatic heterocycles. The number of H-pyrrole nitrogens is 1. The zero-order valence-electron chi connectivity index (χ0n) is 15.3. The average Bonchev–Trinajstić information content (AvgIpc) is 2.95. The number of carbonyl (C=O) groups is 3. The van der Waals surface area contributed by atoms with E-state index in [0.717, 1.165) is 6.07 Å². The highest BCUT2D eigenvalue weighted by atomic mass is 19.2. The number of carbonyl (C=O) groups excluding carboxylic acids is 3. The van der Waals surface area contributed by atoms with Crippen LogP contribution in [-0.2, 0) is 9.53 Å². The number of aryl methyl sites for hydroxylation is 1. The number of hydrogen-bond donors (Lipinski definition) is 3. The Morgan fingerprint density at radius 1 is 1.11 bits per heavy atom. The second-order valence-corrected chi connectivity index (χ2v) is 5.80. The van der Waals surface area contributed by atoms with Crippen molar-refractivity contribution in [3.63, 3.8) is 0 Å². The van der Waals surface area contributed by atoms with Gasteiger partial charge in [-0.1, -0.05) is 0 Å². The lowest BCUT2D eigenvalue weighted by atomic mass is 10.1. The number of ether oxygens (including phenoxy) is 1. The van der Waals surface area contributed by atoms with Crippen LogP contribution in [-0.4, -0.2) is 35.9 Å². The van der Waals surface area contributed by atoms with E-state index < -0.39 is 47.5 Å². The number of halogens is 3. The molecule has 1 aromatic carbocycles. The molecular formula is C18H18F3N3O4. The highest BCUT2D eigenvalue weighted by Crippen LogP contribution is 2.20. The predicted octanol–water partition coefficient (Wildman–Crippen LogP) is 2.59. The molecule has 0 radical (unpaired) electrons. The van der Waals surface area contributed by atoms with E-state index in [1.807, 2.05) is 5.32 Å². The van der Waals surface area contributed by atoms with Crippen LogP contribution < -0.4 is 10.6 Å². The quantitative estimate of drug-likeness (QED) is 0.515. The normalized spacial score (nSPS) is 10.5. The molecule has 3 N–H and O–H groups in total. The van der Waals surface area contributed by atoms with E-state index in [1.165, 1.54) is 0 Å². The fourth-order valence-corrected chi connectivity index (χ4v) is 2.55. The van der Waals surface area contributed by atoms with Crippen LogP contribution in [0.5, 0.6) is 0 Å². The van der Waals surface area contributed by atoms with Gasteiger partial charge in [-0.3, -0.25) is 9.59 Å². The molecule has 10 heteroatoms. The van der Waals surface area contributed by atoms with E-state index in [-0.39, 0.29) is 17.9 Å². The Labute approximate surface area is 158 Å². The van der Waals surface area contributed by atoms with Crippen molar-refractivity contribution in [2.24, 2.45) is 0 Å². The molecule has 0 saturated heterocycles. The Balaban J connectivity index is 2.04. The molecule has 0 aliphatic carbocycles. The van der Waals surface area contributed by atoms with Gasteiger partial charge in [-0.05, 0) is 38.5 Å². The van der Waals surface area contributed by atoms with Crippen LogP contribution in [0.15, 0.2) is 12.1 Å². The van der Waals surface area contributed by atoms with E-state index in [1.54, 1.807) is 20.8 Å². The minimum absolute atomic E-state index is 0.0624. The molecule has 0 atom stereocenters. The lowest BCUT2D eigenvalue weighted by Gasteiger charge is -2.08. The first-order valence-corrected chi connectivity index (χ1v) is 8.25. The van der Waals surface area contributed by atoms with Gasteiger partial charge in [0.15, 0.2) is 17.5 Å². The Morgan fingerprint density at radius 2 is 1.79 bits per heavy atom. The molecule has 0 unspecified atom stereocenters. The fourth-order valence-electron chi connectivity index (χ4n) is 2.55. The van der Waals surface area contributed by atoms with Crippen LogP contribution >= 0.6 is 0 Å². The van der Waals surface area contributed by atoms with Gasteiger partial charge in [0.05, 0.1) is 24.4 Å². The number of benzene rings is 1. The maximum atomic E-state index is 13.6. The summed E-state index contributed by atoms with van der Waals surface area (Å²) in [6.45, 7) is 4.39. The number of esters is 1. The first kappa shape index (κ1) is 21.0. The number of aromatic amines is 1. The number of amides is 2. The molecule has 0 spiro atoms. The highest BCUT2D eigenvalue weighted by Gasteiger charge is 2.23. The van der Waals surface area contributed by atoms with Crippen LogP contribution in [0.3, 0.4) is 0 Å². The van der Waals surface area contributed by atoms with Crippen molar-refractivity contribution < 1.29 is 32.3 Å². The molecule has 2 aromatic rings. The fraction of sp³-hybridized carbons (Fsp3) is 0.278. The molecular weight excluding hydrogens is 379 g/mol. The zero-order chi connectivity index (χ0) is 21.0. The number of anilines is 1. The molecule has 28 heavy (non-hydrogen) atoms. The Bertz CT molecular complexity index is 941. The maximum absolute atomic E-state index is 13.6. The van der Waals surface area contributed by atoms with Crippen LogP contribution in [0, 0.1) is 31.3 Å². The van der Waals surface area contributed by atoms with E-state index in [9.17, 15) is 27.6 Å². The Kier molecular flexibility index (Phi) is 6.45. The third kappa shape index (κ3) is 4.33. The summed E-state index contributed by atoms with van der Waals surface area (Å²) in [6, 6.07) is 1.52. The summed E-state index contributed by atoms with van der Waals surface area (Å²) >= 11 is 0. The number of nitrogens with one attached hydrogen (secondary N) is 3. The summed E-state index contributed by atoms with van der Waals surface area (Å²) in [5.41, 5.74) is 0.497. The van der Waals surface area contributed by atoms with Crippen LogP contribution in [0.1, 0.15) is 39.0 Å². The molecule has 150 valence electrons. The van der Waals surface area contributed by atoms with Crippen LogP contribution in [0.25, 0.3) is 0 Å². The SMILES string of the molecule is CCOC(=O)c1c(C)[nH]c(C(=O)NCC(=O)Nc2ccc(F)c(F)c2F)c1C. The number of rotatable bonds is 6. The van der Waals surface area contributed by atoms with Crippen molar-refractivity contribution in [1.29, 1.82) is 0 Å². The molecule has 0 bridgehead atoms.